The summed E-state index contributed by atoms with van der Waals surface area (Å²) in [5, 5.41) is 0. The highest BCUT2D eigenvalue weighted by molar-refractivity contribution is 4.98. The lowest BCUT2D eigenvalue weighted by Crippen LogP contribution is -2.17. The highest BCUT2D eigenvalue weighted by atomic mass is 14.3. The molecule has 0 N–H and O–H groups in total. The molecule has 0 bridgehead atoms. The van der Waals surface area contributed by atoms with Crippen LogP contribution in [0.25, 0.3) is 0 Å². The van der Waals surface area contributed by atoms with E-state index < -0.39 is 0 Å². The van der Waals surface area contributed by atoms with Gasteiger partial charge in [0.05, 0.1) is 0 Å². The maximum absolute atomic E-state index is 2.41. The topological polar surface area (TPSA) is 0 Å². The van der Waals surface area contributed by atoms with Gasteiger partial charge in [-0.05, 0) is 68.6 Å². The fourth-order valence-electron chi connectivity index (χ4n) is 3.16. The minimum atomic E-state index is 0.996. The zero-order valence-electron chi connectivity index (χ0n) is 10.5. The Balaban J connectivity index is 1.68. The van der Waals surface area contributed by atoms with Crippen LogP contribution in [0.5, 0.6) is 0 Å². The van der Waals surface area contributed by atoms with Gasteiger partial charge in [-0.2, -0.15) is 0 Å². The molecule has 2 fully saturated rings. The lowest BCUT2D eigenvalue weighted by molar-refractivity contribution is 0.320. The van der Waals surface area contributed by atoms with Gasteiger partial charge in [-0.1, -0.05) is 26.7 Å². The first-order valence-electron chi connectivity index (χ1n) is 6.89. The van der Waals surface area contributed by atoms with E-state index in [0.29, 0.717) is 0 Å². The van der Waals surface area contributed by atoms with Crippen molar-refractivity contribution in [1.82, 2.24) is 0 Å². The van der Waals surface area contributed by atoms with Gasteiger partial charge in [-0.15, -0.1) is 0 Å². The Morgan fingerprint density at radius 2 is 1.53 bits per heavy atom. The highest BCUT2D eigenvalue weighted by Gasteiger charge is 2.24. The monoisotopic (exact) mass is 206 g/mol. The number of rotatable bonds is 2. The predicted molar refractivity (Wildman–Crippen MR) is 66.4 cm³/mol. The summed E-state index contributed by atoms with van der Waals surface area (Å²) in [6.07, 6.45) is 13.1. The second kappa shape index (κ2) is 5.37. The van der Waals surface area contributed by atoms with Crippen LogP contribution in [0, 0.1) is 23.7 Å². The van der Waals surface area contributed by atoms with E-state index in [2.05, 4.69) is 13.8 Å². The van der Waals surface area contributed by atoms with Crippen LogP contribution in [0.2, 0.25) is 0 Å². The smallest absolute Gasteiger partial charge is 0.0238 e. The molecular weight excluding hydrogens is 180 g/mol. The fourth-order valence-corrected chi connectivity index (χ4v) is 3.16. The Labute approximate surface area is 95.8 Å². The van der Waals surface area contributed by atoms with Crippen molar-refractivity contribution < 1.29 is 0 Å². The lowest BCUT2D eigenvalue weighted by Gasteiger charge is -2.32. The summed E-state index contributed by atoms with van der Waals surface area (Å²) >= 11 is 0. The maximum Gasteiger partial charge on any atom is -0.0238 e. The van der Waals surface area contributed by atoms with E-state index in [1.807, 2.05) is 5.92 Å². The molecule has 0 heterocycles. The average Bonchev–Trinajstić information content (AvgIpc) is 2.25. The Morgan fingerprint density at radius 1 is 0.933 bits per heavy atom. The normalized spacial score (nSPS) is 28.4. The molecule has 0 heteroatoms. The molecule has 0 saturated heterocycles. The summed E-state index contributed by atoms with van der Waals surface area (Å²) in [7, 11) is 0. The minimum absolute atomic E-state index is 0.996. The van der Waals surface area contributed by atoms with Crippen molar-refractivity contribution in [3.8, 4) is 0 Å². The minimum Gasteiger partial charge on any atom is -0.0625 e. The van der Waals surface area contributed by atoms with Gasteiger partial charge in [0, 0.05) is 0 Å². The fraction of sp³-hybridized carbons (Fsp3) is 0.867. The van der Waals surface area contributed by atoms with Gasteiger partial charge >= 0.3 is 0 Å². The SMILES string of the molecule is C[C]1CCC(C[C]2CCC(C)CC2)CC1. The molecule has 0 aromatic carbocycles. The molecule has 2 aliphatic carbocycles. The van der Waals surface area contributed by atoms with E-state index in [1.165, 1.54) is 57.8 Å². The van der Waals surface area contributed by atoms with Crippen LogP contribution in [0.4, 0.5) is 0 Å². The summed E-state index contributed by atoms with van der Waals surface area (Å²) < 4.78 is 0. The molecule has 0 aliphatic heterocycles. The summed E-state index contributed by atoms with van der Waals surface area (Å²) in [5.74, 6) is 5.68. The number of hydrogen-bond donors (Lipinski definition) is 0. The molecule has 0 aromatic heterocycles. The zero-order valence-corrected chi connectivity index (χ0v) is 10.5. The van der Waals surface area contributed by atoms with Crippen LogP contribution in [-0.2, 0) is 0 Å². The lowest BCUT2D eigenvalue weighted by atomic mass is 9.74. The first-order chi connectivity index (χ1) is 7.24. The van der Waals surface area contributed by atoms with Gasteiger partial charge in [0.25, 0.3) is 0 Å². The van der Waals surface area contributed by atoms with Crippen molar-refractivity contribution in [2.24, 2.45) is 11.8 Å². The van der Waals surface area contributed by atoms with Gasteiger partial charge in [0.1, 0.15) is 0 Å². The molecule has 2 rings (SSSR count). The van der Waals surface area contributed by atoms with Gasteiger partial charge in [-0.25, -0.2) is 0 Å². The van der Waals surface area contributed by atoms with Gasteiger partial charge in [0.15, 0.2) is 0 Å². The molecule has 2 aliphatic rings. The largest absolute Gasteiger partial charge is 0.0625 e. The predicted octanol–water partition coefficient (Wildman–Crippen LogP) is 4.95. The van der Waals surface area contributed by atoms with Crippen molar-refractivity contribution in [3.63, 3.8) is 0 Å². The molecule has 0 aromatic rings. The van der Waals surface area contributed by atoms with Crippen LogP contribution in [0.15, 0.2) is 0 Å². The maximum atomic E-state index is 2.41. The first-order valence-corrected chi connectivity index (χ1v) is 6.89. The van der Waals surface area contributed by atoms with E-state index in [1.54, 1.807) is 5.92 Å². The van der Waals surface area contributed by atoms with Crippen molar-refractivity contribution in [2.75, 3.05) is 0 Å². The molecule has 0 amide bonds. The van der Waals surface area contributed by atoms with Crippen molar-refractivity contribution >= 4 is 0 Å². The number of hydrogen-bond acceptors (Lipinski definition) is 0. The van der Waals surface area contributed by atoms with E-state index >= 15 is 0 Å². The summed E-state index contributed by atoms with van der Waals surface area (Å²) in [6.45, 7) is 4.75. The summed E-state index contributed by atoms with van der Waals surface area (Å²) in [5.41, 5.74) is 0. The van der Waals surface area contributed by atoms with Gasteiger partial charge < -0.3 is 0 Å². The highest BCUT2D eigenvalue weighted by Crippen LogP contribution is 2.39. The van der Waals surface area contributed by atoms with Crippen molar-refractivity contribution in [3.05, 3.63) is 11.8 Å². The Hall–Kier alpha value is 0. The quantitative estimate of drug-likeness (QED) is 0.600. The zero-order chi connectivity index (χ0) is 10.7. The van der Waals surface area contributed by atoms with Crippen LogP contribution < -0.4 is 0 Å². The Bertz CT molecular complexity index is 148. The van der Waals surface area contributed by atoms with Crippen LogP contribution in [-0.4, -0.2) is 0 Å². The van der Waals surface area contributed by atoms with E-state index in [9.17, 15) is 0 Å². The Kier molecular flexibility index (Phi) is 4.11. The summed E-state index contributed by atoms with van der Waals surface area (Å²) in [4.78, 5) is 0. The van der Waals surface area contributed by atoms with Crippen LogP contribution in [0.3, 0.4) is 0 Å². The molecule has 86 valence electrons. The molecule has 0 spiro atoms. The van der Waals surface area contributed by atoms with E-state index in [4.69, 9.17) is 0 Å². The first kappa shape index (κ1) is 11.5. The molecule has 0 atom stereocenters. The van der Waals surface area contributed by atoms with E-state index in [-0.39, 0.29) is 0 Å². The molecule has 15 heavy (non-hydrogen) atoms. The van der Waals surface area contributed by atoms with Crippen molar-refractivity contribution in [1.29, 1.82) is 0 Å². The summed E-state index contributed by atoms with van der Waals surface area (Å²) in [6, 6.07) is 0. The van der Waals surface area contributed by atoms with Gasteiger partial charge in [-0.3, -0.25) is 0 Å². The van der Waals surface area contributed by atoms with Crippen LogP contribution in [0.1, 0.15) is 71.6 Å². The molecular formula is C15H26. The van der Waals surface area contributed by atoms with Crippen LogP contribution >= 0.6 is 0 Å². The average molecular weight is 206 g/mol. The van der Waals surface area contributed by atoms with Gasteiger partial charge in [0.2, 0.25) is 0 Å². The third-order valence-electron chi connectivity index (χ3n) is 4.52. The third kappa shape index (κ3) is 3.50. The second-order valence-corrected chi connectivity index (χ2v) is 6.04. The Morgan fingerprint density at radius 3 is 2.13 bits per heavy atom. The molecule has 0 unspecified atom stereocenters. The second-order valence-electron chi connectivity index (χ2n) is 6.04. The third-order valence-corrected chi connectivity index (χ3v) is 4.52. The molecule has 0 nitrogen and oxygen atoms in total. The molecule has 2 saturated carbocycles. The molecule has 2 radical (unpaired) electrons. The van der Waals surface area contributed by atoms with E-state index in [0.717, 1.165) is 11.8 Å². The standard InChI is InChI=1S/C15H26/c1-12-3-7-14(8-4-12)11-15-9-5-13(2)6-10-15/h12,15H,3-11H2,1-2H3. The van der Waals surface area contributed by atoms with Crippen molar-refractivity contribution in [2.45, 2.75) is 71.6 Å².